The first kappa shape index (κ1) is 24.3. The normalized spacial score (nSPS) is 19.9. The van der Waals surface area contributed by atoms with Gasteiger partial charge < -0.3 is 15.4 Å². The number of sulfonamides is 1. The summed E-state index contributed by atoms with van der Waals surface area (Å²) < 4.78 is 28.6. The molecule has 3 rings (SSSR count). The average Bonchev–Trinajstić information content (AvgIpc) is 2.67. The maximum atomic E-state index is 11.5. The minimum absolute atomic E-state index is 0.00282. The molecule has 1 saturated carbocycles. The van der Waals surface area contributed by atoms with E-state index in [-0.39, 0.29) is 11.3 Å². The van der Waals surface area contributed by atoms with Crippen LogP contribution in [-0.2, 0) is 14.8 Å². The Balaban J connectivity index is 1.67. The van der Waals surface area contributed by atoms with Crippen molar-refractivity contribution in [1.29, 1.82) is 0 Å². The quantitative estimate of drug-likeness (QED) is 0.423. The first-order chi connectivity index (χ1) is 14.9. The van der Waals surface area contributed by atoms with Crippen LogP contribution in [0.5, 0.6) is 0 Å². The van der Waals surface area contributed by atoms with Crippen LogP contribution in [0.15, 0.2) is 24.5 Å². The van der Waals surface area contributed by atoms with Crippen LogP contribution in [0.2, 0.25) is 0 Å². The Morgan fingerprint density at radius 2 is 1.90 bits per heavy atom. The Morgan fingerprint density at radius 1 is 1.23 bits per heavy atom. The highest BCUT2D eigenvalue weighted by atomic mass is 32.2. The van der Waals surface area contributed by atoms with Crippen molar-refractivity contribution in [3.05, 3.63) is 24.5 Å². The monoisotopic (exact) mass is 469 g/mol. The van der Waals surface area contributed by atoms with E-state index in [4.69, 9.17) is 22.1 Å². The van der Waals surface area contributed by atoms with E-state index in [1.54, 1.807) is 12.4 Å². The summed E-state index contributed by atoms with van der Waals surface area (Å²) in [4.78, 5) is 6.48. The van der Waals surface area contributed by atoms with Gasteiger partial charge >= 0.3 is 0 Å². The zero-order chi connectivity index (χ0) is 22.2. The third kappa shape index (κ3) is 7.94. The molecule has 4 N–H and O–H groups in total. The van der Waals surface area contributed by atoms with E-state index in [9.17, 15) is 8.42 Å². The van der Waals surface area contributed by atoms with Crippen molar-refractivity contribution in [3.8, 4) is 0 Å². The molecular formula is C21H35N5O3S2. The van der Waals surface area contributed by atoms with Gasteiger partial charge in [0.2, 0.25) is 10.0 Å². The van der Waals surface area contributed by atoms with Gasteiger partial charge in [0.15, 0.2) is 5.11 Å². The van der Waals surface area contributed by atoms with Gasteiger partial charge in [-0.3, -0.25) is 9.88 Å². The number of rotatable bonds is 11. The predicted octanol–water partition coefficient (Wildman–Crippen LogP) is 2.09. The highest BCUT2D eigenvalue weighted by Gasteiger charge is 2.41. The van der Waals surface area contributed by atoms with Gasteiger partial charge in [0, 0.05) is 36.7 Å². The highest BCUT2D eigenvalue weighted by molar-refractivity contribution is 7.89. The molecular weight excluding hydrogens is 434 g/mol. The number of ether oxygens (including phenoxy) is 1. The number of nitrogens with zero attached hydrogens (tertiary/aromatic N) is 2. The van der Waals surface area contributed by atoms with E-state index in [2.05, 4.69) is 20.5 Å². The Labute approximate surface area is 191 Å². The van der Waals surface area contributed by atoms with Crippen molar-refractivity contribution in [2.45, 2.75) is 50.5 Å². The molecule has 1 aromatic rings. The van der Waals surface area contributed by atoms with Gasteiger partial charge in [0.1, 0.15) is 0 Å². The lowest BCUT2D eigenvalue weighted by Gasteiger charge is -2.47. The highest BCUT2D eigenvalue weighted by Crippen LogP contribution is 2.42. The Hall–Kier alpha value is -1.33. The van der Waals surface area contributed by atoms with Crippen molar-refractivity contribution < 1.29 is 13.2 Å². The van der Waals surface area contributed by atoms with Gasteiger partial charge in [-0.25, -0.2) is 13.6 Å². The lowest BCUT2D eigenvalue weighted by atomic mass is 9.66. The molecule has 2 aliphatic rings. The smallest absolute Gasteiger partial charge is 0.209 e. The summed E-state index contributed by atoms with van der Waals surface area (Å²) in [7, 11) is -3.48. The molecule has 2 heterocycles. The Kier molecular flexibility index (Phi) is 9.03. The Morgan fingerprint density at radius 3 is 2.52 bits per heavy atom. The average molecular weight is 470 g/mol. The zero-order valence-corrected chi connectivity index (χ0v) is 19.7. The molecule has 0 spiro atoms. The van der Waals surface area contributed by atoms with E-state index in [0.717, 1.165) is 70.6 Å². The van der Waals surface area contributed by atoms with E-state index < -0.39 is 10.0 Å². The number of nitrogens with one attached hydrogen (secondary N) is 2. The van der Waals surface area contributed by atoms with Gasteiger partial charge in [0.25, 0.3) is 0 Å². The number of morpholine rings is 1. The van der Waals surface area contributed by atoms with Gasteiger partial charge in [-0.1, -0.05) is 6.42 Å². The molecule has 0 aromatic carbocycles. The number of nitrogens with two attached hydrogens (primary N) is 1. The molecule has 1 aliphatic carbocycles. The Bertz CT molecular complexity index is 798. The van der Waals surface area contributed by atoms with Gasteiger partial charge in [-0.15, -0.1) is 0 Å². The third-order valence-electron chi connectivity index (χ3n) is 6.44. The van der Waals surface area contributed by atoms with Crippen molar-refractivity contribution in [2.24, 2.45) is 11.1 Å². The van der Waals surface area contributed by atoms with E-state index >= 15 is 0 Å². The van der Waals surface area contributed by atoms with Crippen LogP contribution in [0, 0.1) is 5.92 Å². The van der Waals surface area contributed by atoms with Crippen molar-refractivity contribution in [1.82, 2.24) is 15.2 Å². The fourth-order valence-corrected chi connectivity index (χ4v) is 5.44. The molecule has 0 amide bonds. The van der Waals surface area contributed by atoms with Gasteiger partial charge in [-0.2, -0.15) is 0 Å². The summed E-state index contributed by atoms with van der Waals surface area (Å²) in [6.07, 6.45) is 10.1. The summed E-state index contributed by atoms with van der Waals surface area (Å²) in [5.74, 6) is 0.479. The van der Waals surface area contributed by atoms with Crippen LogP contribution < -0.4 is 15.8 Å². The second-order valence-corrected chi connectivity index (χ2v) is 10.8. The number of aromatic nitrogens is 1. The molecule has 10 heteroatoms. The molecule has 1 saturated heterocycles. The summed E-state index contributed by atoms with van der Waals surface area (Å²) in [6, 6.07) is 3.75. The van der Waals surface area contributed by atoms with Crippen molar-refractivity contribution in [3.63, 3.8) is 0 Å². The standard InChI is InChI=1S/C21H35N5O3S2/c22-31(27,28)17-3-9-21(18-4-1-5-18,8-2-12-26-13-15-29-16-14-26)25-20(30)24-19-6-10-23-11-7-19/h6-7,10-11,18H,1-5,8-9,12-17H2,(H2,22,27,28)(H2,23,24,25,30). The molecule has 31 heavy (non-hydrogen) atoms. The second-order valence-electron chi connectivity index (χ2n) is 8.63. The zero-order valence-electron chi connectivity index (χ0n) is 18.1. The second kappa shape index (κ2) is 11.5. The number of primary sulfonamides is 1. The fraction of sp³-hybridized carbons (Fsp3) is 0.714. The molecule has 8 nitrogen and oxygen atoms in total. The van der Waals surface area contributed by atoms with E-state index in [1.165, 1.54) is 6.42 Å². The number of hydrogen-bond donors (Lipinski definition) is 3. The summed E-state index contributed by atoms with van der Waals surface area (Å²) >= 11 is 5.66. The summed E-state index contributed by atoms with van der Waals surface area (Å²) in [6.45, 7) is 4.54. The predicted molar refractivity (Wildman–Crippen MR) is 127 cm³/mol. The number of thiocarbonyl (C=S) groups is 1. The van der Waals surface area contributed by atoms with Gasteiger partial charge in [0.05, 0.1) is 19.0 Å². The minimum Gasteiger partial charge on any atom is -0.379 e. The lowest BCUT2D eigenvalue weighted by Crippen LogP contribution is -2.57. The van der Waals surface area contributed by atoms with Crippen LogP contribution in [0.4, 0.5) is 5.69 Å². The maximum Gasteiger partial charge on any atom is 0.209 e. The minimum atomic E-state index is -3.48. The van der Waals surface area contributed by atoms with Crippen LogP contribution in [0.25, 0.3) is 0 Å². The molecule has 1 atom stereocenters. The largest absolute Gasteiger partial charge is 0.379 e. The van der Waals surface area contributed by atoms with Crippen LogP contribution in [0.1, 0.15) is 44.9 Å². The SMILES string of the molecule is NS(=O)(=O)CCCC(CCCN1CCOCC1)(NC(=S)Nc1ccncc1)C1CCC1. The van der Waals surface area contributed by atoms with Crippen LogP contribution >= 0.6 is 12.2 Å². The number of hydrogen-bond acceptors (Lipinski definition) is 6. The molecule has 0 bridgehead atoms. The molecule has 174 valence electrons. The maximum absolute atomic E-state index is 11.5. The molecule has 1 aliphatic heterocycles. The lowest BCUT2D eigenvalue weighted by molar-refractivity contribution is 0.0342. The first-order valence-corrected chi connectivity index (χ1v) is 13.3. The fourth-order valence-electron chi connectivity index (χ4n) is 4.58. The molecule has 2 fully saturated rings. The van der Waals surface area contributed by atoms with Crippen LogP contribution in [0.3, 0.4) is 0 Å². The number of pyridine rings is 1. The molecule has 1 aromatic heterocycles. The van der Waals surface area contributed by atoms with Crippen LogP contribution in [-0.4, -0.2) is 67.6 Å². The van der Waals surface area contributed by atoms with E-state index in [0.29, 0.717) is 17.5 Å². The first-order valence-electron chi connectivity index (χ1n) is 11.2. The van der Waals surface area contributed by atoms with Gasteiger partial charge in [-0.05, 0) is 75.3 Å². The van der Waals surface area contributed by atoms with E-state index in [1.807, 2.05) is 12.1 Å². The molecule has 0 radical (unpaired) electrons. The summed E-state index contributed by atoms with van der Waals surface area (Å²) in [5.41, 5.74) is 0.652. The summed E-state index contributed by atoms with van der Waals surface area (Å²) in [5, 5.41) is 12.7. The molecule has 1 unspecified atom stereocenters. The van der Waals surface area contributed by atoms with Crippen molar-refractivity contribution >= 4 is 33.0 Å². The topological polar surface area (TPSA) is 110 Å². The number of anilines is 1. The van der Waals surface area contributed by atoms with Crippen molar-refractivity contribution in [2.75, 3.05) is 43.9 Å². The third-order valence-corrected chi connectivity index (χ3v) is 7.50.